The van der Waals surface area contributed by atoms with Crippen molar-refractivity contribution in [2.75, 3.05) is 26.3 Å². The molecule has 0 bridgehead atoms. The van der Waals surface area contributed by atoms with Gasteiger partial charge in [-0.15, -0.1) is 0 Å². The van der Waals surface area contributed by atoms with Crippen molar-refractivity contribution in [3.63, 3.8) is 0 Å². The fraction of sp³-hybridized carbons (Fsp3) is 0.381. The van der Waals surface area contributed by atoms with E-state index in [9.17, 15) is 13.2 Å². The summed E-state index contributed by atoms with van der Waals surface area (Å²) in [7, 11) is -3.65. The second kappa shape index (κ2) is 9.78. The van der Waals surface area contributed by atoms with E-state index in [0.717, 1.165) is 0 Å². The quantitative estimate of drug-likeness (QED) is 0.472. The van der Waals surface area contributed by atoms with Crippen LogP contribution in [0.3, 0.4) is 0 Å². The normalized spacial score (nSPS) is 20.0. The zero-order chi connectivity index (χ0) is 21.7. The van der Waals surface area contributed by atoms with Gasteiger partial charge in [-0.3, -0.25) is 0 Å². The van der Waals surface area contributed by atoms with Crippen LogP contribution in [0.15, 0.2) is 53.4 Å². The largest absolute Gasteiger partial charge is 0.490 e. The molecule has 1 fully saturated rings. The van der Waals surface area contributed by atoms with Gasteiger partial charge in [0.1, 0.15) is 19.0 Å². The minimum Gasteiger partial charge on any atom is -0.490 e. The van der Waals surface area contributed by atoms with Crippen molar-refractivity contribution in [3.8, 4) is 5.75 Å². The van der Waals surface area contributed by atoms with E-state index < -0.39 is 16.0 Å². The first-order chi connectivity index (χ1) is 14.3. The molecule has 0 saturated carbocycles. The summed E-state index contributed by atoms with van der Waals surface area (Å²) in [6, 6.07) is 12.6. The van der Waals surface area contributed by atoms with Crippen molar-refractivity contribution < 1.29 is 27.4 Å². The lowest BCUT2D eigenvalue weighted by Gasteiger charge is -2.34. The smallest absolute Gasteiger partial charge is 0.338 e. The third-order valence-electron chi connectivity index (χ3n) is 4.51. The summed E-state index contributed by atoms with van der Waals surface area (Å²) in [5.41, 5.74) is 0.268. The van der Waals surface area contributed by atoms with Crippen LogP contribution in [-0.2, 0) is 19.5 Å². The lowest BCUT2D eigenvalue weighted by Crippen LogP contribution is -2.48. The van der Waals surface area contributed by atoms with Crippen LogP contribution in [0.1, 0.15) is 24.2 Å². The number of hydrogen-bond acceptors (Lipinski definition) is 6. The van der Waals surface area contributed by atoms with Gasteiger partial charge in [0.2, 0.25) is 10.0 Å². The van der Waals surface area contributed by atoms with Gasteiger partial charge in [-0.25, -0.2) is 13.2 Å². The van der Waals surface area contributed by atoms with Crippen molar-refractivity contribution in [2.45, 2.75) is 31.0 Å². The molecule has 162 valence electrons. The zero-order valence-corrected chi connectivity index (χ0v) is 18.4. The first-order valence-corrected chi connectivity index (χ1v) is 11.4. The van der Waals surface area contributed by atoms with Crippen LogP contribution in [0.5, 0.6) is 5.75 Å². The first-order valence-electron chi connectivity index (χ1n) is 9.57. The number of carbonyl (C=O) groups excluding carboxylic acids is 1. The molecule has 0 N–H and O–H groups in total. The molecule has 2 atom stereocenters. The topological polar surface area (TPSA) is 82.1 Å². The van der Waals surface area contributed by atoms with Crippen LogP contribution < -0.4 is 4.74 Å². The molecular weight excluding hydrogens is 430 g/mol. The molecule has 2 aromatic carbocycles. The SMILES string of the molecule is CC1CN(S(=O)(=O)c2ccc(C(=O)OCCOc3ccc(Cl)cc3)cc2)CC(C)O1. The monoisotopic (exact) mass is 453 g/mol. The Labute approximate surface area is 181 Å². The molecule has 1 aliphatic rings. The maximum absolute atomic E-state index is 12.9. The summed E-state index contributed by atoms with van der Waals surface area (Å²) in [6.07, 6.45) is -0.347. The number of halogens is 1. The molecule has 30 heavy (non-hydrogen) atoms. The first kappa shape index (κ1) is 22.6. The van der Waals surface area contributed by atoms with Crippen molar-refractivity contribution in [3.05, 3.63) is 59.1 Å². The fourth-order valence-corrected chi connectivity index (χ4v) is 4.86. The number of ether oxygens (including phenoxy) is 3. The van der Waals surface area contributed by atoms with Crippen LogP contribution in [0.2, 0.25) is 5.02 Å². The van der Waals surface area contributed by atoms with Gasteiger partial charge in [0.25, 0.3) is 0 Å². The number of morpholine rings is 1. The van der Waals surface area contributed by atoms with Gasteiger partial charge < -0.3 is 14.2 Å². The van der Waals surface area contributed by atoms with E-state index in [1.807, 2.05) is 13.8 Å². The number of hydrogen-bond donors (Lipinski definition) is 0. The summed E-state index contributed by atoms with van der Waals surface area (Å²) in [5.74, 6) is 0.0732. The van der Waals surface area contributed by atoms with Crippen LogP contribution in [0.4, 0.5) is 0 Å². The summed E-state index contributed by atoms with van der Waals surface area (Å²) < 4.78 is 43.4. The Kier molecular flexibility index (Phi) is 7.36. The van der Waals surface area contributed by atoms with E-state index in [1.54, 1.807) is 24.3 Å². The molecule has 0 amide bonds. The molecule has 0 aliphatic carbocycles. The maximum Gasteiger partial charge on any atom is 0.338 e. The highest BCUT2D eigenvalue weighted by Gasteiger charge is 2.32. The molecule has 0 spiro atoms. The minimum absolute atomic E-state index is 0.0606. The Morgan fingerprint density at radius 2 is 1.63 bits per heavy atom. The second-order valence-electron chi connectivity index (χ2n) is 7.04. The molecule has 0 aromatic heterocycles. The van der Waals surface area contributed by atoms with Gasteiger partial charge >= 0.3 is 5.97 Å². The third kappa shape index (κ3) is 5.72. The summed E-state index contributed by atoms with van der Waals surface area (Å²) in [5, 5.41) is 0.608. The standard InChI is InChI=1S/C21H24ClNO6S/c1-15-13-23(14-16(2)29-15)30(25,26)20-9-3-17(4-10-20)21(24)28-12-11-27-19-7-5-18(22)6-8-19/h3-10,15-16H,11-14H2,1-2H3. The maximum atomic E-state index is 12.9. The molecule has 0 radical (unpaired) electrons. The summed E-state index contributed by atoms with van der Waals surface area (Å²) in [4.78, 5) is 12.3. The van der Waals surface area contributed by atoms with Gasteiger partial charge in [0, 0.05) is 18.1 Å². The minimum atomic E-state index is -3.65. The second-order valence-corrected chi connectivity index (χ2v) is 9.42. The number of benzene rings is 2. The third-order valence-corrected chi connectivity index (χ3v) is 6.61. The molecule has 1 saturated heterocycles. The highest BCUT2D eigenvalue weighted by molar-refractivity contribution is 7.89. The Balaban J connectivity index is 1.54. The average Bonchev–Trinajstić information content (AvgIpc) is 2.71. The Hall–Kier alpha value is -2.13. The van der Waals surface area contributed by atoms with Crippen LogP contribution in [-0.4, -0.2) is 57.2 Å². The molecule has 2 unspecified atom stereocenters. The van der Waals surface area contributed by atoms with Gasteiger partial charge in [-0.05, 0) is 62.4 Å². The highest BCUT2D eigenvalue weighted by Crippen LogP contribution is 2.22. The number of esters is 1. The zero-order valence-electron chi connectivity index (χ0n) is 16.8. The van der Waals surface area contributed by atoms with Crippen LogP contribution in [0, 0.1) is 0 Å². The molecule has 7 nitrogen and oxygen atoms in total. The van der Waals surface area contributed by atoms with E-state index >= 15 is 0 Å². The van der Waals surface area contributed by atoms with Crippen molar-refractivity contribution in [1.29, 1.82) is 0 Å². The van der Waals surface area contributed by atoms with E-state index in [0.29, 0.717) is 23.9 Å². The van der Waals surface area contributed by atoms with Gasteiger partial charge in [0.15, 0.2) is 0 Å². The van der Waals surface area contributed by atoms with Crippen LogP contribution >= 0.6 is 11.6 Å². The van der Waals surface area contributed by atoms with Gasteiger partial charge in [0.05, 0.1) is 22.7 Å². The van der Waals surface area contributed by atoms with Gasteiger partial charge in [-0.1, -0.05) is 11.6 Å². The van der Waals surface area contributed by atoms with Crippen LogP contribution in [0.25, 0.3) is 0 Å². The number of nitrogens with zero attached hydrogens (tertiary/aromatic N) is 1. The molecular formula is C21H24ClNO6S. The van der Waals surface area contributed by atoms with Crippen molar-refractivity contribution in [1.82, 2.24) is 4.31 Å². The lowest BCUT2D eigenvalue weighted by molar-refractivity contribution is -0.0440. The van der Waals surface area contributed by atoms with Gasteiger partial charge in [-0.2, -0.15) is 4.31 Å². The number of rotatable bonds is 7. The summed E-state index contributed by atoms with van der Waals surface area (Å²) in [6.45, 7) is 4.52. The Morgan fingerprint density at radius 1 is 1.03 bits per heavy atom. The van der Waals surface area contributed by atoms with E-state index in [4.69, 9.17) is 25.8 Å². The summed E-state index contributed by atoms with van der Waals surface area (Å²) >= 11 is 5.81. The number of sulfonamides is 1. The van der Waals surface area contributed by atoms with Crippen molar-refractivity contribution in [2.24, 2.45) is 0 Å². The highest BCUT2D eigenvalue weighted by atomic mass is 35.5. The van der Waals surface area contributed by atoms with Crippen molar-refractivity contribution >= 4 is 27.6 Å². The van der Waals surface area contributed by atoms with E-state index in [-0.39, 0.29) is 35.9 Å². The van der Waals surface area contributed by atoms with E-state index in [2.05, 4.69) is 0 Å². The Bertz CT molecular complexity index is 952. The average molecular weight is 454 g/mol. The lowest BCUT2D eigenvalue weighted by atomic mass is 10.2. The number of carbonyl (C=O) groups is 1. The Morgan fingerprint density at radius 3 is 2.23 bits per heavy atom. The van der Waals surface area contributed by atoms with E-state index in [1.165, 1.54) is 28.6 Å². The fourth-order valence-electron chi connectivity index (χ4n) is 3.15. The molecule has 3 rings (SSSR count). The molecule has 1 heterocycles. The predicted molar refractivity (Wildman–Crippen MR) is 112 cm³/mol. The molecule has 9 heteroatoms. The predicted octanol–water partition coefficient (Wildman–Crippen LogP) is 3.37. The molecule has 1 aliphatic heterocycles. The molecule has 2 aromatic rings.